The Balaban J connectivity index is 1.93. The van der Waals surface area contributed by atoms with Gasteiger partial charge in [-0.2, -0.15) is 0 Å². The number of benzene rings is 2. The minimum Gasteiger partial charge on any atom is -0.478 e. The maximum Gasteiger partial charge on any atom is 0.337 e. The van der Waals surface area contributed by atoms with Crippen LogP contribution in [0.4, 0.5) is 5.69 Å². The maximum absolute atomic E-state index is 11.9. The van der Waals surface area contributed by atoms with Gasteiger partial charge in [0.05, 0.1) is 16.3 Å². The van der Waals surface area contributed by atoms with Crippen LogP contribution in [-0.2, 0) is 4.79 Å². The molecule has 0 saturated heterocycles. The predicted octanol–water partition coefficient (Wildman–Crippen LogP) is 4.42. The third kappa shape index (κ3) is 4.66. The first-order valence-electron chi connectivity index (χ1n) is 6.17. The first kappa shape index (κ1) is 16.7. The molecule has 2 N–H and O–H groups in total. The number of carbonyl (C=O) groups is 2. The van der Waals surface area contributed by atoms with Crippen LogP contribution in [-0.4, -0.2) is 22.7 Å². The molecule has 0 bridgehead atoms. The quantitative estimate of drug-likeness (QED) is 0.779. The van der Waals surface area contributed by atoms with Gasteiger partial charge in [0.25, 0.3) is 0 Å². The van der Waals surface area contributed by atoms with E-state index in [0.717, 1.165) is 4.90 Å². The van der Waals surface area contributed by atoms with E-state index in [1.807, 2.05) is 12.1 Å². The zero-order chi connectivity index (χ0) is 16.1. The Bertz CT molecular complexity index is 704. The normalized spacial score (nSPS) is 10.3. The highest BCUT2D eigenvalue weighted by Crippen LogP contribution is 2.23. The molecule has 0 heterocycles. The van der Waals surface area contributed by atoms with Crippen LogP contribution in [0.1, 0.15) is 10.4 Å². The Kier molecular flexibility index (Phi) is 5.71. The fourth-order valence-electron chi connectivity index (χ4n) is 1.64. The summed E-state index contributed by atoms with van der Waals surface area (Å²) in [5.41, 5.74) is 0.451. The Morgan fingerprint density at radius 1 is 1.09 bits per heavy atom. The molecule has 0 aliphatic heterocycles. The molecule has 22 heavy (non-hydrogen) atoms. The average molecular weight is 356 g/mol. The summed E-state index contributed by atoms with van der Waals surface area (Å²) < 4.78 is 0. The number of carboxylic acids is 1. The largest absolute Gasteiger partial charge is 0.478 e. The molecule has 0 fully saturated rings. The maximum atomic E-state index is 11.9. The van der Waals surface area contributed by atoms with Crippen LogP contribution < -0.4 is 5.32 Å². The first-order valence-corrected chi connectivity index (χ1v) is 7.91. The van der Waals surface area contributed by atoms with Crippen molar-refractivity contribution in [3.05, 3.63) is 58.1 Å². The summed E-state index contributed by atoms with van der Waals surface area (Å²) in [6.45, 7) is 0. The van der Waals surface area contributed by atoms with Gasteiger partial charge < -0.3 is 10.4 Å². The highest BCUT2D eigenvalue weighted by Gasteiger charge is 2.10. The Hall–Kier alpha value is -1.69. The van der Waals surface area contributed by atoms with Crippen molar-refractivity contribution in [2.45, 2.75) is 4.90 Å². The van der Waals surface area contributed by atoms with Gasteiger partial charge in [0, 0.05) is 15.6 Å². The molecule has 0 atom stereocenters. The van der Waals surface area contributed by atoms with Crippen molar-refractivity contribution in [1.29, 1.82) is 0 Å². The first-order chi connectivity index (χ1) is 10.5. The summed E-state index contributed by atoms with van der Waals surface area (Å²) in [5.74, 6) is -1.10. The number of hydrogen-bond donors (Lipinski definition) is 2. The second-order valence-corrected chi connectivity index (χ2v) is 6.18. The SMILES string of the molecule is O=C(CSc1ccc(Cl)cc1)Nc1ccc(C(=O)O)c(Cl)c1. The topological polar surface area (TPSA) is 66.4 Å². The van der Waals surface area contributed by atoms with Gasteiger partial charge >= 0.3 is 5.97 Å². The van der Waals surface area contributed by atoms with Gasteiger partial charge in [-0.15, -0.1) is 11.8 Å². The van der Waals surface area contributed by atoms with Crippen molar-refractivity contribution in [1.82, 2.24) is 0 Å². The lowest BCUT2D eigenvalue weighted by atomic mass is 10.2. The van der Waals surface area contributed by atoms with Crippen molar-refractivity contribution in [3.8, 4) is 0 Å². The van der Waals surface area contributed by atoms with Crippen LogP contribution in [0.15, 0.2) is 47.4 Å². The van der Waals surface area contributed by atoms with Crippen molar-refractivity contribution < 1.29 is 14.7 Å². The number of carbonyl (C=O) groups excluding carboxylic acids is 1. The van der Waals surface area contributed by atoms with Crippen molar-refractivity contribution in [3.63, 3.8) is 0 Å². The lowest BCUT2D eigenvalue weighted by Crippen LogP contribution is -2.14. The Morgan fingerprint density at radius 3 is 2.36 bits per heavy atom. The van der Waals surface area contributed by atoms with Crippen molar-refractivity contribution >= 4 is 52.5 Å². The molecule has 1 amide bonds. The number of halogens is 2. The summed E-state index contributed by atoms with van der Waals surface area (Å²) in [4.78, 5) is 23.6. The smallest absolute Gasteiger partial charge is 0.337 e. The standard InChI is InChI=1S/C15H11Cl2NO3S/c16-9-1-4-11(5-2-9)22-8-14(19)18-10-3-6-12(15(20)21)13(17)7-10/h1-7H,8H2,(H,18,19)(H,20,21). The monoisotopic (exact) mass is 355 g/mol. The van der Waals surface area contributed by atoms with E-state index in [-0.39, 0.29) is 22.2 Å². The van der Waals surface area contributed by atoms with Gasteiger partial charge in [0.2, 0.25) is 5.91 Å². The van der Waals surface area contributed by atoms with E-state index in [0.29, 0.717) is 10.7 Å². The third-order valence-electron chi connectivity index (χ3n) is 2.67. The van der Waals surface area contributed by atoms with E-state index in [1.165, 1.54) is 30.0 Å². The second-order valence-electron chi connectivity index (χ2n) is 4.29. The van der Waals surface area contributed by atoms with Gasteiger partial charge in [0.1, 0.15) is 0 Å². The van der Waals surface area contributed by atoms with Crippen LogP contribution in [0.2, 0.25) is 10.0 Å². The van der Waals surface area contributed by atoms with Crippen molar-refractivity contribution in [2.24, 2.45) is 0 Å². The minimum atomic E-state index is -1.11. The summed E-state index contributed by atoms with van der Waals surface area (Å²) in [6, 6.07) is 11.4. The number of aromatic carboxylic acids is 1. The van der Waals surface area contributed by atoms with Crippen LogP contribution in [0, 0.1) is 0 Å². The summed E-state index contributed by atoms with van der Waals surface area (Å²) >= 11 is 13.0. The molecule has 0 radical (unpaired) electrons. The van der Waals surface area contributed by atoms with Crippen LogP contribution in [0.5, 0.6) is 0 Å². The molecule has 2 aromatic carbocycles. The molecule has 7 heteroatoms. The number of thioether (sulfide) groups is 1. The number of hydrogen-bond acceptors (Lipinski definition) is 3. The van der Waals surface area contributed by atoms with Crippen LogP contribution >= 0.6 is 35.0 Å². The summed E-state index contributed by atoms with van der Waals surface area (Å²) in [6.07, 6.45) is 0. The molecule has 114 valence electrons. The third-order valence-corrected chi connectivity index (χ3v) is 4.24. The second kappa shape index (κ2) is 7.54. The number of anilines is 1. The van der Waals surface area contributed by atoms with E-state index < -0.39 is 5.97 Å². The molecule has 0 aliphatic rings. The molecule has 0 unspecified atom stereocenters. The number of carboxylic acid groups (broad SMARTS) is 1. The van der Waals surface area contributed by atoms with Gasteiger partial charge in [-0.1, -0.05) is 23.2 Å². The van der Waals surface area contributed by atoms with Crippen LogP contribution in [0.25, 0.3) is 0 Å². The molecule has 0 spiro atoms. The number of amides is 1. The van der Waals surface area contributed by atoms with Gasteiger partial charge in [0.15, 0.2) is 0 Å². The van der Waals surface area contributed by atoms with Crippen LogP contribution in [0.3, 0.4) is 0 Å². The lowest BCUT2D eigenvalue weighted by molar-refractivity contribution is -0.113. The minimum absolute atomic E-state index is 0.00444. The van der Waals surface area contributed by atoms with Gasteiger partial charge in [-0.05, 0) is 42.5 Å². The van der Waals surface area contributed by atoms with Gasteiger partial charge in [-0.3, -0.25) is 4.79 Å². The van der Waals surface area contributed by atoms with Gasteiger partial charge in [-0.25, -0.2) is 4.79 Å². The molecular weight excluding hydrogens is 345 g/mol. The predicted molar refractivity (Wildman–Crippen MR) is 89.2 cm³/mol. The summed E-state index contributed by atoms with van der Waals surface area (Å²) in [5, 5.41) is 12.3. The highest BCUT2D eigenvalue weighted by atomic mass is 35.5. The summed E-state index contributed by atoms with van der Waals surface area (Å²) in [7, 11) is 0. The Morgan fingerprint density at radius 2 is 1.77 bits per heavy atom. The molecular formula is C15H11Cl2NO3S. The fourth-order valence-corrected chi connectivity index (χ4v) is 2.73. The van der Waals surface area contributed by atoms with E-state index >= 15 is 0 Å². The van der Waals surface area contributed by atoms with E-state index in [4.69, 9.17) is 28.3 Å². The molecule has 2 rings (SSSR count). The average Bonchev–Trinajstić information content (AvgIpc) is 2.46. The van der Waals surface area contributed by atoms with E-state index in [1.54, 1.807) is 12.1 Å². The highest BCUT2D eigenvalue weighted by molar-refractivity contribution is 8.00. The van der Waals surface area contributed by atoms with Crippen molar-refractivity contribution in [2.75, 3.05) is 11.1 Å². The molecule has 0 saturated carbocycles. The molecule has 4 nitrogen and oxygen atoms in total. The zero-order valence-electron chi connectivity index (χ0n) is 11.2. The molecule has 0 aromatic heterocycles. The Labute approximate surface area is 141 Å². The fraction of sp³-hybridized carbons (Fsp3) is 0.0667. The van der Waals surface area contributed by atoms with E-state index in [9.17, 15) is 9.59 Å². The zero-order valence-corrected chi connectivity index (χ0v) is 13.5. The number of rotatable bonds is 5. The lowest BCUT2D eigenvalue weighted by Gasteiger charge is -2.07. The molecule has 0 aliphatic carbocycles. The van der Waals surface area contributed by atoms with E-state index in [2.05, 4.69) is 5.32 Å². The number of nitrogens with one attached hydrogen (secondary N) is 1. The molecule has 2 aromatic rings.